The molecule has 0 aliphatic rings. The Hall–Kier alpha value is -2.74. The minimum absolute atomic E-state index is 0.206. The van der Waals surface area contributed by atoms with Crippen molar-refractivity contribution in [2.75, 3.05) is 0 Å². The van der Waals surface area contributed by atoms with Crippen molar-refractivity contribution in [3.63, 3.8) is 0 Å². The third-order valence-electron chi connectivity index (χ3n) is 4.60. The van der Waals surface area contributed by atoms with Gasteiger partial charge in [-0.05, 0) is 49.4 Å². The van der Waals surface area contributed by atoms with Gasteiger partial charge in [0.15, 0.2) is 5.78 Å². The van der Waals surface area contributed by atoms with Gasteiger partial charge in [0.2, 0.25) is 0 Å². The Morgan fingerprint density at radius 3 is 2.19 bits per heavy atom. The van der Waals surface area contributed by atoms with Crippen molar-refractivity contribution in [1.82, 2.24) is 4.98 Å². The molecule has 0 aliphatic carbocycles. The van der Waals surface area contributed by atoms with E-state index >= 15 is 0 Å². The van der Waals surface area contributed by atoms with Crippen LogP contribution in [0.15, 0.2) is 66.9 Å². The third kappa shape index (κ3) is 5.62. The molecule has 0 radical (unpaired) electrons. The second-order valence-corrected chi connectivity index (χ2v) is 6.45. The summed E-state index contributed by atoms with van der Waals surface area (Å²) in [6.07, 6.45) is 4.21. The molecule has 2 heteroatoms. The minimum atomic E-state index is 0.206. The summed E-state index contributed by atoms with van der Waals surface area (Å²) in [5.74, 6) is 0.206. The van der Waals surface area contributed by atoms with Gasteiger partial charge < -0.3 is 0 Å². The standard InChI is InChI=1S/C23H23NO.C2H6/c1-17-7-3-4-9-19(17)10-5-11-22(25)20-12-14-21(15-13-20)23-18(2)8-6-16-24-23;1-2/h3-4,6-9,12-16H,5,10-11H2,1-2H3;1-2H3. The smallest absolute Gasteiger partial charge is 0.162 e. The number of Topliss-reactive ketones (excluding diaryl/α,β-unsaturated/α-hetero) is 1. The third-order valence-corrected chi connectivity index (χ3v) is 4.60. The molecule has 0 spiro atoms. The van der Waals surface area contributed by atoms with E-state index in [1.807, 2.05) is 57.2 Å². The zero-order valence-electron chi connectivity index (χ0n) is 16.8. The molecule has 0 bridgehead atoms. The maximum absolute atomic E-state index is 12.4. The van der Waals surface area contributed by atoms with Gasteiger partial charge in [0.25, 0.3) is 0 Å². The van der Waals surface area contributed by atoms with Gasteiger partial charge in [-0.1, -0.05) is 68.4 Å². The fourth-order valence-corrected chi connectivity index (χ4v) is 3.08. The predicted molar refractivity (Wildman–Crippen MR) is 114 cm³/mol. The Kier molecular flexibility index (Phi) is 7.94. The zero-order valence-corrected chi connectivity index (χ0v) is 16.8. The van der Waals surface area contributed by atoms with Crippen LogP contribution in [0.5, 0.6) is 0 Å². The summed E-state index contributed by atoms with van der Waals surface area (Å²) in [6, 6.07) is 20.2. The number of hydrogen-bond donors (Lipinski definition) is 0. The number of hydrogen-bond acceptors (Lipinski definition) is 2. The van der Waals surface area contributed by atoms with Gasteiger partial charge in [-0.2, -0.15) is 0 Å². The van der Waals surface area contributed by atoms with Crippen molar-refractivity contribution in [3.05, 3.63) is 89.1 Å². The number of nitrogens with zero attached hydrogens (tertiary/aromatic N) is 1. The molecule has 3 rings (SSSR count). The van der Waals surface area contributed by atoms with Crippen molar-refractivity contribution >= 4 is 5.78 Å². The Labute approximate surface area is 163 Å². The predicted octanol–water partition coefficient (Wildman–Crippen LogP) is 6.60. The van der Waals surface area contributed by atoms with E-state index in [0.717, 1.165) is 35.2 Å². The van der Waals surface area contributed by atoms with Crippen LogP contribution < -0.4 is 0 Å². The first-order valence-corrected chi connectivity index (χ1v) is 9.75. The number of benzene rings is 2. The molecule has 0 N–H and O–H groups in total. The lowest BCUT2D eigenvalue weighted by molar-refractivity contribution is 0.0980. The van der Waals surface area contributed by atoms with Crippen LogP contribution >= 0.6 is 0 Å². The molecular weight excluding hydrogens is 330 g/mol. The highest BCUT2D eigenvalue weighted by atomic mass is 16.1. The molecule has 0 saturated heterocycles. The number of aromatic nitrogens is 1. The highest BCUT2D eigenvalue weighted by Gasteiger charge is 2.08. The molecule has 0 aliphatic heterocycles. The van der Waals surface area contributed by atoms with Crippen molar-refractivity contribution in [1.29, 1.82) is 0 Å². The van der Waals surface area contributed by atoms with Crippen LogP contribution in [0, 0.1) is 13.8 Å². The molecule has 0 amide bonds. The molecule has 1 heterocycles. The fourth-order valence-electron chi connectivity index (χ4n) is 3.08. The molecule has 2 aromatic carbocycles. The molecule has 3 aromatic rings. The normalized spacial score (nSPS) is 10.1. The molecule has 0 atom stereocenters. The molecule has 2 nitrogen and oxygen atoms in total. The highest BCUT2D eigenvalue weighted by Crippen LogP contribution is 2.21. The molecular formula is C25H29NO. The molecule has 0 unspecified atom stereocenters. The molecule has 27 heavy (non-hydrogen) atoms. The van der Waals surface area contributed by atoms with Crippen LogP contribution in [0.25, 0.3) is 11.3 Å². The largest absolute Gasteiger partial charge is 0.294 e. The lowest BCUT2D eigenvalue weighted by Crippen LogP contribution is -2.00. The maximum Gasteiger partial charge on any atom is 0.162 e. The van der Waals surface area contributed by atoms with Crippen LogP contribution in [-0.4, -0.2) is 10.8 Å². The van der Waals surface area contributed by atoms with E-state index in [9.17, 15) is 4.79 Å². The molecule has 0 fully saturated rings. The number of ketones is 1. The minimum Gasteiger partial charge on any atom is -0.294 e. The SMILES string of the molecule is CC.Cc1ccccc1CCCC(=O)c1ccc(-c2ncccc2C)cc1. The van der Waals surface area contributed by atoms with E-state index in [1.165, 1.54) is 11.1 Å². The van der Waals surface area contributed by atoms with Crippen LogP contribution in [0.1, 0.15) is 53.7 Å². The van der Waals surface area contributed by atoms with Crippen LogP contribution in [-0.2, 0) is 6.42 Å². The summed E-state index contributed by atoms with van der Waals surface area (Å²) in [5.41, 5.74) is 6.57. The van der Waals surface area contributed by atoms with Gasteiger partial charge in [0.05, 0.1) is 5.69 Å². The van der Waals surface area contributed by atoms with E-state index < -0.39 is 0 Å². The van der Waals surface area contributed by atoms with E-state index in [-0.39, 0.29) is 5.78 Å². The summed E-state index contributed by atoms with van der Waals surface area (Å²) in [5, 5.41) is 0. The Morgan fingerprint density at radius 2 is 1.52 bits per heavy atom. The fraction of sp³-hybridized carbons (Fsp3) is 0.280. The summed E-state index contributed by atoms with van der Waals surface area (Å²) in [7, 11) is 0. The monoisotopic (exact) mass is 359 g/mol. The van der Waals surface area contributed by atoms with Crippen molar-refractivity contribution in [2.45, 2.75) is 47.0 Å². The van der Waals surface area contributed by atoms with Crippen molar-refractivity contribution in [2.24, 2.45) is 0 Å². The van der Waals surface area contributed by atoms with E-state index in [1.54, 1.807) is 6.20 Å². The van der Waals surface area contributed by atoms with Gasteiger partial charge in [-0.25, -0.2) is 0 Å². The van der Waals surface area contributed by atoms with Crippen molar-refractivity contribution in [3.8, 4) is 11.3 Å². The lowest BCUT2D eigenvalue weighted by atomic mass is 9.98. The highest BCUT2D eigenvalue weighted by molar-refractivity contribution is 5.96. The van der Waals surface area contributed by atoms with Gasteiger partial charge in [0, 0.05) is 23.7 Å². The Bertz CT molecular complexity index is 866. The maximum atomic E-state index is 12.4. The zero-order chi connectivity index (χ0) is 19.6. The summed E-state index contributed by atoms with van der Waals surface area (Å²) >= 11 is 0. The quantitative estimate of drug-likeness (QED) is 0.464. The van der Waals surface area contributed by atoms with E-state index in [0.29, 0.717) is 6.42 Å². The van der Waals surface area contributed by atoms with Crippen LogP contribution in [0.3, 0.4) is 0 Å². The van der Waals surface area contributed by atoms with Gasteiger partial charge in [-0.15, -0.1) is 0 Å². The number of carbonyl (C=O) groups excluding carboxylic acids is 1. The second kappa shape index (κ2) is 10.4. The summed E-state index contributed by atoms with van der Waals surface area (Å²) in [4.78, 5) is 16.8. The average molecular weight is 360 g/mol. The number of rotatable bonds is 6. The number of aryl methyl sites for hydroxylation is 3. The summed E-state index contributed by atoms with van der Waals surface area (Å²) in [6.45, 7) is 8.17. The number of pyridine rings is 1. The molecule has 0 saturated carbocycles. The Morgan fingerprint density at radius 1 is 0.852 bits per heavy atom. The first-order chi connectivity index (χ1) is 13.1. The first-order valence-electron chi connectivity index (χ1n) is 9.75. The average Bonchev–Trinajstić information content (AvgIpc) is 2.71. The van der Waals surface area contributed by atoms with Crippen LogP contribution in [0.4, 0.5) is 0 Å². The van der Waals surface area contributed by atoms with E-state index in [2.05, 4.69) is 36.2 Å². The van der Waals surface area contributed by atoms with Gasteiger partial charge in [-0.3, -0.25) is 9.78 Å². The van der Waals surface area contributed by atoms with E-state index in [4.69, 9.17) is 0 Å². The summed E-state index contributed by atoms with van der Waals surface area (Å²) < 4.78 is 0. The topological polar surface area (TPSA) is 30.0 Å². The van der Waals surface area contributed by atoms with Crippen LogP contribution in [0.2, 0.25) is 0 Å². The molecule has 140 valence electrons. The van der Waals surface area contributed by atoms with Gasteiger partial charge >= 0.3 is 0 Å². The lowest BCUT2D eigenvalue weighted by Gasteiger charge is -2.07. The second-order valence-electron chi connectivity index (χ2n) is 6.45. The number of carbonyl (C=O) groups is 1. The first kappa shape index (κ1) is 20.6. The Balaban J connectivity index is 0.00000126. The van der Waals surface area contributed by atoms with Crippen molar-refractivity contribution < 1.29 is 4.79 Å². The van der Waals surface area contributed by atoms with Gasteiger partial charge in [0.1, 0.15) is 0 Å². The molecule has 1 aromatic heterocycles.